The average molecular weight is 329 g/mol. The Hall–Kier alpha value is -2.24. The summed E-state index contributed by atoms with van der Waals surface area (Å²) in [6.45, 7) is 2.58. The van der Waals surface area contributed by atoms with Crippen LogP contribution < -0.4 is 5.32 Å². The van der Waals surface area contributed by atoms with Gasteiger partial charge in [-0.25, -0.2) is 9.59 Å². The third-order valence-electron chi connectivity index (χ3n) is 5.26. The van der Waals surface area contributed by atoms with Gasteiger partial charge < -0.3 is 15.0 Å². The summed E-state index contributed by atoms with van der Waals surface area (Å²) >= 11 is 0. The number of hydrogen-bond acceptors (Lipinski definition) is 3. The van der Waals surface area contributed by atoms with Crippen LogP contribution in [0, 0.1) is 0 Å². The van der Waals surface area contributed by atoms with Crippen molar-refractivity contribution in [2.75, 3.05) is 26.2 Å². The Labute approximate surface area is 141 Å². The Bertz CT molecular complexity index is 661. The summed E-state index contributed by atoms with van der Waals surface area (Å²) in [5.41, 5.74) is 4.04. The molecule has 128 valence electrons. The highest BCUT2D eigenvalue weighted by molar-refractivity contribution is 5.75. The lowest BCUT2D eigenvalue weighted by atomic mass is 9.90. The molecule has 1 atom stereocenters. The summed E-state index contributed by atoms with van der Waals surface area (Å²) in [6, 6.07) is 6.49. The van der Waals surface area contributed by atoms with Crippen molar-refractivity contribution in [3.8, 4) is 0 Å². The zero-order valence-corrected chi connectivity index (χ0v) is 13.8. The first-order valence-electron chi connectivity index (χ1n) is 8.77. The fourth-order valence-electron chi connectivity index (χ4n) is 3.86. The lowest BCUT2D eigenvalue weighted by Crippen LogP contribution is -2.55. The minimum atomic E-state index is -0.255. The van der Waals surface area contributed by atoms with Crippen LogP contribution >= 0.6 is 0 Å². The number of carbonyl (C=O) groups excluding carboxylic acids is 2. The number of fused-ring (bicyclic) bond motifs is 2. The van der Waals surface area contributed by atoms with Crippen molar-refractivity contribution in [3.63, 3.8) is 0 Å². The number of benzene rings is 1. The van der Waals surface area contributed by atoms with Crippen LogP contribution in [0.3, 0.4) is 0 Å². The second kappa shape index (κ2) is 6.34. The van der Waals surface area contributed by atoms with Gasteiger partial charge in [-0.1, -0.05) is 18.2 Å². The Kier molecular flexibility index (Phi) is 4.04. The fraction of sp³-hybridized carbons (Fsp3) is 0.556. The molecule has 3 aliphatic rings. The average Bonchev–Trinajstić information content (AvgIpc) is 3.00. The third-order valence-corrected chi connectivity index (χ3v) is 5.26. The molecule has 1 N–H and O–H groups in total. The van der Waals surface area contributed by atoms with Crippen molar-refractivity contribution in [2.24, 2.45) is 0 Å². The van der Waals surface area contributed by atoms with Crippen LogP contribution in [-0.4, -0.2) is 54.2 Å². The van der Waals surface area contributed by atoms with E-state index >= 15 is 0 Å². The molecule has 0 aromatic heterocycles. The van der Waals surface area contributed by atoms with Gasteiger partial charge in [-0.3, -0.25) is 4.90 Å². The van der Waals surface area contributed by atoms with Crippen LogP contribution in [-0.2, 0) is 24.1 Å². The summed E-state index contributed by atoms with van der Waals surface area (Å²) in [5, 5.41) is 3.01. The molecular formula is C18H23N3O3. The largest absolute Gasteiger partial charge is 0.447 e. The number of rotatable bonds is 2. The van der Waals surface area contributed by atoms with Crippen molar-refractivity contribution in [3.05, 3.63) is 34.9 Å². The summed E-state index contributed by atoms with van der Waals surface area (Å²) in [6.07, 6.45) is 4.61. The topological polar surface area (TPSA) is 61.9 Å². The van der Waals surface area contributed by atoms with E-state index in [1.54, 1.807) is 9.80 Å². The van der Waals surface area contributed by atoms with Crippen LogP contribution in [0.4, 0.5) is 9.59 Å². The maximum Gasteiger partial charge on any atom is 0.410 e. The molecule has 6 heteroatoms. The quantitative estimate of drug-likeness (QED) is 0.901. The van der Waals surface area contributed by atoms with Crippen molar-refractivity contribution < 1.29 is 14.3 Å². The van der Waals surface area contributed by atoms with Crippen molar-refractivity contribution in [1.82, 2.24) is 15.1 Å². The Morgan fingerprint density at radius 1 is 1.21 bits per heavy atom. The van der Waals surface area contributed by atoms with E-state index in [1.807, 2.05) is 0 Å². The molecule has 6 nitrogen and oxygen atoms in total. The molecule has 0 radical (unpaired) electrons. The number of carbonyl (C=O) groups is 2. The Balaban J connectivity index is 1.33. The summed E-state index contributed by atoms with van der Waals surface area (Å²) < 4.78 is 5.04. The van der Waals surface area contributed by atoms with Crippen LogP contribution in [0.25, 0.3) is 0 Å². The van der Waals surface area contributed by atoms with Gasteiger partial charge in [0, 0.05) is 26.2 Å². The molecular weight excluding hydrogens is 306 g/mol. The standard InChI is InChI=1S/C18H23N3O3/c22-17(20-7-8-21-16(11-20)12-24-18(21)23)19-10-13-5-6-14-3-1-2-4-15(14)9-13/h5-6,9,16H,1-4,7-8,10-12H2,(H,19,22). The molecule has 2 saturated heterocycles. The van der Waals surface area contributed by atoms with Gasteiger partial charge in [-0.2, -0.15) is 0 Å². The number of hydrogen-bond donors (Lipinski definition) is 1. The van der Waals surface area contributed by atoms with Gasteiger partial charge in [0.1, 0.15) is 6.61 Å². The second-order valence-electron chi connectivity index (χ2n) is 6.84. The minimum absolute atomic E-state index is 0.000689. The number of aryl methyl sites for hydroxylation is 2. The smallest absolute Gasteiger partial charge is 0.410 e. The Morgan fingerprint density at radius 3 is 2.92 bits per heavy atom. The van der Waals surface area contributed by atoms with Crippen LogP contribution in [0.1, 0.15) is 29.5 Å². The van der Waals surface area contributed by atoms with Crippen molar-refractivity contribution in [1.29, 1.82) is 0 Å². The van der Waals surface area contributed by atoms with Gasteiger partial charge in [-0.15, -0.1) is 0 Å². The molecule has 2 aliphatic heterocycles. The van der Waals surface area contributed by atoms with Gasteiger partial charge in [0.2, 0.25) is 0 Å². The summed E-state index contributed by atoms with van der Waals surface area (Å²) in [7, 11) is 0. The Morgan fingerprint density at radius 2 is 2.04 bits per heavy atom. The summed E-state index contributed by atoms with van der Waals surface area (Å²) in [5.74, 6) is 0. The molecule has 24 heavy (non-hydrogen) atoms. The van der Waals surface area contributed by atoms with E-state index in [4.69, 9.17) is 4.74 Å². The van der Waals surface area contributed by atoms with Crippen molar-refractivity contribution in [2.45, 2.75) is 38.3 Å². The van der Waals surface area contributed by atoms with Gasteiger partial charge in [-0.05, 0) is 42.4 Å². The zero-order chi connectivity index (χ0) is 16.5. The van der Waals surface area contributed by atoms with Gasteiger partial charge in [0.15, 0.2) is 0 Å². The minimum Gasteiger partial charge on any atom is -0.447 e. The predicted octanol–water partition coefficient (Wildman–Crippen LogP) is 1.91. The predicted molar refractivity (Wildman–Crippen MR) is 88.7 cm³/mol. The number of ether oxygens (including phenoxy) is 1. The number of piperazine rings is 1. The van der Waals surface area contributed by atoms with E-state index < -0.39 is 0 Å². The molecule has 1 unspecified atom stereocenters. The molecule has 1 aromatic carbocycles. The molecule has 0 spiro atoms. The van der Waals surface area contributed by atoms with Gasteiger partial charge in [0.05, 0.1) is 6.04 Å². The number of nitrogens with one attached hydrogen (secondary N) is 1. The first kappa shape index (κ1) is 15.3. The van der Waals surface area contributed by atoms with Crippen molar-refractivity contribution >= 4 is 12.1 Å². The second-order valence-corrected chi connectivity index (χ2v) is 6.84. The van der Waals surface area contributed by atoms with E-state index in [2.05, 4.69) is 23.5 Å². The van der Waals surface area contributed by atoms with Crippen LogP contribution in [0.15, 0.2) is 18.2 Å². The number of nitrogens with zero attached hydrogens (tertiary/aromatic N) is 2. The third kappa shape index (κ3) is 2.92. The van der Waals surface area contributed by atoms with Gasteiger partial charge >= 0.3 is 12.1 Å². The summed E-state index contributed by atoms with van der Waals surface area (Å²) in [4.78, 5) is 27.4. The van der Waals surface area contributed by atoms with Crippen LogP contribution in [0.2, 0.25) is 0 Å². The van der Waals surface area contributed by atoms with E-state index in [9.17, 15) is 9.59 Å². The molecule has 1 aromatic rings. The zero-order valence-electron chi connectivity index (χ0n) is 13.8. The number of cyclic esters (lactones) is 1. The van der Waals surface area contributed by atoms with E-state index in [-0.39, 0.29) is 18.2 Å². The lowest BCUT2D eigenvalue weighted by molar-refractivity contribution is 0.127. The molecule has 3 amide bonds. The highest BCUT2D eigenvalue weighted by atomic mass is 16.6. The van der Waals surface area contributed by atoms with Crippen LogP contribution in [0.5, 0.6) is 0 Å². The molecule has 0 bridgehead atoms. The molecule has 2 heterocycles. The number of amides is 3. The number of urea groups is 1. The SMILES string of the molecule is O=C(NCc1ccc2c(c1)CCCC2)N1CCN2C(=O)OCC2C1. The lowest BCUT2D eigenvalue weighted by Gasteiger charge is -2.35. The highest BCUT2D eigenvalue weighted by Gasteiger charge is 2.38. The first-order valence-corrected chi connectivity index (χ1v) is 8.77. The first-order chi connectivity index (χ1) is 11.7. The fourth-order valence-corrected chi connectivity index (χ4v) is 3.86. The molecule has 4 rings (SSSR count). The van der Waals surface area contributed by atoms with E-state index in [0.29, 0.717) is 32.8 Å². The molecule has 1 aliphatic carbocycles. The highest BCUT2D eigenvalue weighted by Crippen LogP contribution is 2.22. The maximum absolute atomic E-state index is 12.4. The monoisotopic (exact) mass is 329 g/mol. The van der Waals surface area contributed by atoms with Gasteiger partial charge in [0.25, 0.3) is 0 Å². The maximum atomic E-state index is 12.4. The molecule has 2 fully saturated rings. The van der Waals surface area contributed by atoms with E-state index in [0.717, 1.165) is 12.0 Å². The normalized spacial score (nSPS) is 22.7. The van der Waals surface area contributed by atoms with E-state index in [1.165, 1.54) is 30.4 Å². The molecule has 0 saturated carbocycles.